The van der Waals surface area contributed by atoms with E-state index < -0.39 is 5.97 Å². The van der Waals surface area contributed by atoms with E-state index in [-0.39, 0.29) is 44.0 Å². The molecule has 0 spiro atoms. The van der Waals surface area contributed by atoms with Crippen LogP contribution in [0.1, 0.15) is 36.2 Å². The van der Waals surface area contributed by atoms with Crippen LogP contribution in [-0.4, -0.2) is 107 Å². The van der Waals surface area contributed by atoms with E-state index in [0.717, 1.165) is 23.0 Å². The number of carbonyl (C=O) groups is 3. The van der Waals surface area contributed by atoms with Crippen molar-refractivity contribution in [2.75, 3.05) is 18.9 Å². The van der Waals surface area contributed by atoms with Gasteiger partial charge in [0.25, 0.3) is 0 Å². The summed E-state index contributed by atoms with van der Waals surface area (Å²) in [6.45, 7) is 4.21. The standard InChI is InChI=1S/C13H13NO2Se.C8H8O.C5H7NO2.2Na.H2Se/c1-2-16-13(15)11-10(8-17-12(11)14)9-6-4-3-5-7-9;9-7-6-8-4-2-1-3-5-8;1-2-8-5(7)3-4-6;;;/h3-8H,2,14H2,1H3;1-5,7H,6H2;2-3H2,1H3;;;1H2. The number of hydrogen-bond donors (Lipinski definition) is 1. The molecule has 0 radical (unpaired) electrons. The zero-order valence-corrected chi connectivity index (χ0v) is 29.5. The molecule has 0 aliphatic rings. The van der Waals surface area contributed by atoms with Crippen molar-refractivity contribution < 1.29 is 23.9 Å². The number of ether oxygens (including phenoxy) is 2. The molecule has 3 rings (SSSR count). The van der Waals surface area contributed by atoms with Crippen LogP contribution in [0.4, 0.5) is 4.56 Å². The Morgan fingerprint density at radius 2 is 1.54 bits per heavy atom. The second-order valence-corrected chi connectivity index (χ2v) is 8.38. The molecule has 2 aromatic carbocycles. The first-order valence-corrected chi connectivity index (χ1v) is 21.4. The monoisotopic (exact) mass is 656 g/mol. The third-order valence-electron chi connectivity index (χ3n) is 4.07. The number of nitriles is 1. The molecule has 188 valence electrons. The fourth-order valence-electron chi connectivity index (χ4n) is 2.60. The van der Waals surface area contributed by atoms with E-state index >= 15 is 0 Å². The van der Waals surface area contributed by atoms with Gasteiger partial charge in [-0.1, -0.05) is 30.3 Å². The molecule has 7 nitrogen and oxygen atoms in total. The van der Waals surface area contributed by atoms with Gasteiger partial charge in [0.15, 0.2) is 0 Å². The van der Waals surface area contributed by atoms with Crippen molar-refractivity contribution in [2.45, 2.75) is 26.7 Å². The molecule has 0 bridgehead atoms. The molecule has 0 aliphatic carbocycles. The molecule has 2 N–H and O–H groups in total. The SMILES string of the molecule is CCOC(=O)CC#N.CCOC(=O)c1c(-c2ccccc2)c[se]c1N.O=CCc1ccccc1.[Na][Na].[SeH2]. The minimum atomic E-state index is -0.449. The van der Waals surface area contributed by atoms with Gasteiger partial charge in [-0.3, -0.25) is 4.79 Å². The fourth-order valence-corrected chi connectivity index (χ4v) is 4.30. The van der Waals surface area contributed by atoms with Crippen LogP contribution in [0.2, 0.25) is 0 Å². The number of nitrogen functional groups attached to an aromatic ring is 1. The second kappa shape index (κ2) is 25.2. The average Bonchev–Trinajstić information content (AvgIpc) is 3.29. The van der Waals surface area contributed by atoms with Crippen molar-refractivity contribution in [1.29, 1.82) is 5.26 Å². The molecule has 37 heavy (non-hydrogen) atoms. The van der Waals surface area contributed by atoms with Crippen LogP contribution in [0, 0.1) is 11.3 Å². The third kappa shape index (κ3) is 16.4. The zero-order chi connectivity index (χ0) is 27.2. The molecule has 11 heteroatoms. The number of rotatable bonds is 7. The number of nitrogens with zero attached hydrogens (tertiary/aromatic N) is 1. The predicted molar refractivity (Wildman–Crippen MR) is 152 cm³/mol. The topological polar surface area (TPSA) is 119 Å². The predicted octanol–water partition coefficient (Wildman–Crippen LogP) is 2.38. The van der Waals surface area contributed by atoms with Crippen molar-refractivity contribution in [3.63, 3.8) is 0 Å². The van der Waals surface area contributed by atoms with Crippen LogP contribution in [0.3, 0.4) is 0 Å². The van der Waals surface area contributed by atoms with Gasteiger partial charge in [0.1, 0.15) is 12.7 Å². The molecule has 0 fully saturated rings. The van der Waals surface area contributed by atoms with Crippen molar-refractivity contribution in [1.82, 2.24) is 0 Å². The van der Waals surface area contributed by atoms with E-state index in [4.69, 9.17) is 15.7 Å². The summed E-state index contributed by atoms with van der Waals surface area (Å²) in [5.41, 5.74) is 9.42. The van der Waals surface area contributed by atoms with E-state index in [9.17, 15) is 14.4 Å². The van der Waals surface area contributed by atoms with Crippen LogP contribution in [0.5, 0.6) is 0 Å². The van der Waals surface area contributed by atoms with Gasteiger partial charge in [0, 0.05) is 6.42 Å². The third-order valence-corrected chi connectivity index (χ3v) is 5.78. The van der Waals surface area contributed by atoms with Crippen LogP contribution in [-0.2, 0) is 25.5 Å². The van der Waals surface area contributed by atoms with Gasteiger partial charge in [-0.2, -0.15) is 5.26 Å². The normalized spacial score (nSPS) is 8.68. The van der Waals surface area contributed by atoms with E-state index in [1.54, 1.807) is 19.9 Å². The molecule has 1 aromatic heterocycles. The van der Waals surface area contributed by atoms with Gasteiger partial charge in [-0.05, 0) is 12.5 Å². The van der Waals surface area contributed by atoms with Gasteiger partial charge in [-0.15, -0.1) is 0 Å². The molecule has 1 heterocycles. The molecular formula is C26H30N2Na2O5Se2. The summed E-state index contributed by atoms with van der Waals surface area (Å²) in [5.74, 6) is -0.769. The number of hydrogen-bond acceptors (Lipinski definition) is 7. The van der Waals surface area contributed by atoms with Crippen molar-refractivity contribution in [2.24, 2.45) is 0 Å². The number of aldehydes is 1. The van der Waals surface area contributed by atoms with Crippen molar-refractivity contribution in [3.8, 4) is 17.2 Å². The van der Waals surface area contributed by atoms with Gasteiger partial charge >= 0.3 is 172 Å². The Labute approximate surface area is 263 Å². The number of benzene rings is 2. The number of esters is 2. The zero-order valence-electron chi connectivity index (χ0n) is 21.7. The van der Waals surface area contributed by atoms with Crippen molar-refractivity contribution in [3.05, 3.63) is 76.7 Å². The van der Waals surface area contributed by atoms with Crippen LogP contribution >= 0.6 is 0 Å². The maximum absolute atomic E-state index is 11.8. The summed E-state index contributed by atoms with van der Waals surface area (Å²) in [6.07, 6.45) is 1.30. The van der Waals surface area contributed by atoms with Gasteiger partial charge in [-0.25, -0.2) is 0 Å². The Hall–Kier alpha value is -1.14. The number of anilines is 1. The fraction of sp³-hybridized carbons (Fsp3) is 0.231. The number of nitrogens with two attached hydrogens (primary N) is 1. The summed E-state index contributed by atoms with van der Waals surface area (Å²) in [7, 11) is 0. The molecule has 0 saturated heterocycles. The summed E-state index contributed by atoms with van der Waals surface area (Å²) in [4.78, 5) is 34.1. The maximum atomic E-state index is 11.8. The van der Waals surface area contributed by atoms with E-state index in [1.165, 1.54) is 43.6 Å². The minimum absolute atomic E-state index is 0. The van der Waals surface area contributed by atoms with E-state index in [1.807, 2.05) is 65.6 Å². The van der Waals surface area contributed by atoms with Gasteiger partial charge in [0.2, 0.25) is 0 Å². The van der Waals surface area contributed by atoms with Crippen LogP contribution < -0.4 is 5.73 Å². The molecular weight excluding hydrogens is 624 g/mol. The summed E-state index contributed by atoms with van der Waals surface area (Å²) < 4.78 is 10.1. The average molecular weight is 654 g/mol. The molecule has 0 saturated carbocycles. The van der Waals surface area contributed by atoms with Crippen LogP contribution in [0.15, 0.2) is 65.6 Å². The van der Waals surface area contributed by atoms with Gasteiger partial charge in [0.05, 0.1) is 12.7 Å². The Morgan fingerprint density at radius 3 is 2.03 bits per heavy atom. The Balaban J connectivity index is 0. The number of carbonyl (C=O) groups excluding carboxylic acids is 3. The second-order valence-electron chi connectivity index (χ2n) is 6.47. The Bertz CT molecular complexity index is 1080. The molecule has 0 atom stereocenters. The Kier molecular flexibility index (Phi) is 25.8. The Morgan fingerprint density at radius 1 is 1.00 bits per heavy atom. The quantitative estimate of drug-likeness (QED) is 0.236. The van der Waals surface area contributed by atoms with Gasteiger partial charge < -0.3 is 9.53 Å². The first kappa shape index (κ1) is 38.0. The summed E-state index contributed by atoms with van der Waals surface area (Å²) in [5, 5.41) is 7.91. The first-order chi connectivity index (χ1) is 17.5. The molecule has 0 amide bonds. The summed E-state index contributed by atoms with van der Waals surface area (Å²) >= 11 is 2.94. The van der Waals surface area contributed by atoms with Crippen molar-refractivity contribution >= 4 is 98.0 Å². The summed E-state index contributed by atoms with van der Waals surface area (Å²) in [6, 6.07) is 21.1. The van der Waals surface area contributed by atoms with E-state index in [2.05, 4.69) is 4.74 Å². The molecule has 0 unspecified atom stereocenters. The van der Waals surface area contributed by atoms with Crippen LogP contribution in [0.25, 0.3) is 11.1 Å². The first-order valence-electron chi connectivity index (χ1n) is 11.6. The molecule has 0 aliphatic heterocycles. The van der Waals surface area contributed by atoms with E-state index in [0.29, 0.717) is 29.8 Å². The molecule has 3 aromatic rings.